The molecule has 0 radical (unpaired) electrons. The van der Waals surface area contributed by atoms with Gasteiger partial charge in [-0.05, 0) is 31.0 Å². The van der Waals surface area contributed by atoms with Crippen LogP contribution in [0.3, 0.4) is 0 Å². The van der Waals surface area contributed by atoms with E-state index in [0.29, 0.717) is 13.2 Å². The van der Waals surface area contributed by atoms with Gasteiger partial charge in [-0.3, -0.25) is 4.98 Å². The zero-order valence-electron chi connectivity index (χ0n) is 17.1. The molecule has 0 aromatic carbocycles. The van der Waals surface area contributed by atoms with Crippen LogP contribution < -0.4 is 4.90 Å². The molecular weight excluding hydrogens is 394 g/mol. The Labute approximate surface area is 179 Å². The van der Waals surface area contributed by atoms with Gasteiger partial charge >= 0.3 is 0 Å². The molecule has 0 saturated carbocycles. The summed E-state index contributed by atoms with van der Waals surface area (Å²) in [5.41, 5.74) is 3.56. The van der Waals surface area contributed by atoms with Gasteiger partial charge in [-0.2, -0.15) is 14.7 Å². The first-order valence-corrected chi connectivity index (χ1v) is 10.7. The summed E-state index contributed by atoms with van der Waals surface area (Å²) in [6.07, 6.45) is 7.62. The van der Waals surface area contributed by atoms with E-state index in [-0.39, 0.29) is 6.10 Å². The maximum Gasteiger partial charge on any atom is 0.160 e. The molecule has 1 atom stereocenters. The fourth-order valence-electron chi connectivity index (χ4n) is 4.19. The van der Waals surface area contributed by atoms with E-state index in [0.717, 1.165) is 66.8 Å². The minimum Gasteiger partial charge on any atom is -0.378 e. The normalized spacial score (nSPS) is 19.4. The second-order valence-electron chi connectivity index (χ2n) is 7.80. The van der Waals surface area contributed by atoms with Crippen LogP contribution >= 0.6 is 0 Å². The fourth-order valence-corrected chi connectivity index (χ4v) is 4.19. The van der Waals surface area contributed by atoms with Crippen LogP contribution in [-0.2, 0) is 9.47 Å². The van der Waals surface area contributed by atoms with Crippen LogP contribution in [0.4, 0.5) is 5.82 Å². The zero-order chi connectivity index (χ0) is 20.6. The van der Waals surface area contributed by atoms with Crippen molar-refractivity contribution in [2.24, 2.45) is 0 Å². The molecule has 0 amide bonds. The summed E-state index contributed by atoms with van der Waals surface area (Å²) in [5, 5.41) is 9.61. The Kier molecular flexibility index (Phi) is 4.62. The summed E-state index contributed by atoms with van der Waals surface area (Å²) in [7, 11) is 0. The zero-order valence-corrected chi connectivity index (χ0v) is 17.1. The minimum absolute atomic E-state index is 0.0459. The largest absolute Gasteiger partial charge is 0.378 e. The van der Waals surface area contributed by atoms with Gasteiger partial charge in [0.05, 0.1) is 24.6 Å². The van der Waals surface area contributed by atoms with Gasteiger partial charge in [0.25, 0.3) is 0 Å². The maximum absolute atomic E-state index is 5.86. The minimum atomic E-state index is 0.0459. The Hall–Kier alpha value is -3.30. The number of aromatic nitrogens is 6. The Bertz CT molecular complexity index is 1190. The third kappa shape index (κ3) is 3.45. The number of rotatable bonds is 4. The number of fused-ring (bicyclic) bond motifs is 1. The molecule has 2 fully saturated rings. The van der Waals surface area contributed by atoms with Crippen molar-refractivity contribution in [3.63, 3.8) is 0 Å². The van der Waals surface area contributed by atoms with Gasteiger partial charge in [0.1, 0.15) is 11.9 Å². The Morgan fingerprint density at radius 3 is 2.77 bits per heavy atom. The van der Waals surface area contributed by atoms with Crippen LogP contribution in [0.15, 0.2) is 48.9 Å². The van der Waals surface area contributed by atoms with Crippen molar-refractivity contribution in [1.29, 1.82) is 0 Å². The van der Waals surface area contributed by atoms with Crippen LogP contribution in [0.5, 0.6) is 0 Å². The van der Waals surface area contributed by atoms with E-state index in [9.17, 15) is 0 Å². The predicted octanol–water partition coefficient (Wildman–Crippen LogP) is 2.67. The highest BCUT2D eigenvalue weighted by Crippen LogP contribution is 2.30. The molecule has 6 rings (SSSR count). The first kappa shape index (κ1) is 18.5. The molecule has 0 N–H and O–H groups in total. The molecule has 4 aromatic rings. The summed E-state index contributed by atoms with van der Waals surface area (Å²) < 4.78 is 15.2. The predicted molar refractivity (Wildman–Crippen MR) is 114 cm³/mol. The highest BCUT2D eigenvalue weighted by atomic mass is 16.5. The van der Waals surface area contributed by atoms with Gasteiger partial charge in [-0.1, -0.05) is 0 Å². The molecule has 0 bridgehead atoms. The van der Waals surface area contributed by atoms with Crippen LogP contribution in [0.2, 0.25) is 0 Å². The van der Waals surface area contributed by atoms with E-state index in [1.807, 2.05) is 51.9 Å². The molecule has 2 aliphatic rings. The van der Waals surface area contributed by atoms with Crippen molar-refractivity contribution >= 4 is 11.5 Å². The first-order valence-electron chi connectivity index (χ1n) is 10.7. The number of morpholine rings is 1. The van der Waals surface area contributed by atoms with Crippen molar-refractivity contribution in [1.82, 2.24) is 29.4 Å². The molecule has 2 saturated heterocycles. The third-order valence-electron chi connectivity index (χ3n) is 5.79. The molecule has 1 unspecified atom stereocenters. The number of hydrogen-bond donors (Lipinski definition) is 0. The number of hydrogen-bond acceptors (Lipinski definition) is 7. The SMILES string of the molecule is c1cncc(-c2ccn(-c3cc(N4CCOCC4)n4nc(C5CCCO5)cc4n3)n2)c1. The molecule has 9 nitrogen and oxygen atoms in total. The van der Waals surface area contributed by atoms with Gasteiger partial charge in [0.15, 0.2) is 11.5 Å². The molecule has 0 aliphatic carbocycles. The second-order valence-corrected chi connectivity index (χ2v) is 7.80. The van der Waals surface area contributed by atoms with Crippen LogP contribution in [0.1, 0.15) is 24.6 Å². The van der Waals surface area contributed by atoms with Gasteiger partial charge in [0.2, 0.25) is 0 Å². The molecule has 4 aromatic heterocycles. The van der Waals surface area contributed by atoms with Gasteiger partial charge in [0, 0.05) is 56.0 Å². The number of anilines is 1. The van der Waals surface area contributed by atoms with E-state index in [4.69, 9.17) is 24.7 Å². The molecule has 158 valence electrons. The average molecular weight is 417 g/mol. The van der Waals surface area contributed by atoms with Crippen molar-refractivity contribution in [3.05, 3.63) is 54.6 Å². The van der Waals surface area contributed by atoms with Crippen LogP contribution in [-0.4, -0.2) is 62.3 Å². The Morgan fingerprint density at radius 2 is 1.97 bits per heavy atom. The average Bonchev–Trinajstić information content (AvgIpc) is 3.60. The lowest BCUT2D eigenvalue weighted by Gasteiger charge is -2.29. The van der Waals surface area contributed by atoms with E-state index in [1.54, 1.807) is 6.20 Å². The summed E-state index contributed by atoms with van der Waals surface area (Å²) in [6.45, 7) is 3.82. The fraction of sp³-hybridized carbons (Fsp3) is 0.364. The molecule has 0 spiro atoms. The summed E-state index contributed by atoms with van der Waals surface area (Å²) in [5.74, 6) is 1.74. The lowest BCUT2D eigenvalue weighted by atomic mass is 10.2. The van der Waals surface area contributed by atoms with E-state index < -0.39 is 0 Å². The topological polar surface area (TPSA) is 82.6 Å². The van der Waals surface area contributed by atoms with E-state index in [1.165, 1.54) is 0 Å². The van der Waals surface area contributed by atoms with E-state index >= 15 is 0 Å². The molecular formula is C22H23N7O2. The summed E-state index contributed by atoms with van der Waals surface area (Å²) in [4.78, 5) is 11.4. The van der Waals surface area contributed by atoms with Crippen molar-refractivity contribution in [3.8, 4) is 17.1 Å². The highest BCUT2D eigenvalue weighted by molar-refractivity contribution is 5.59. The summed E-state index contributed by atoms with van der Waals surface area (Å²) >= 11 is 0. The van der Waals surface area contributed by atoms with Crippen LogP contribution in [0, 0.1) is 0 Å². The van der Waals surface area contributed by atoms with Gasteiger partial charge in [-0.25, -0.2) is 9.67 Å². The van der Waals surface area contributed by atoms with E-state index in [2.05, 4.69) is 9.88 Å². The number of nitrogens with zero attached hydrogens (tertiary/aromatic N) is 7. The number of ether oxygens (including phenoxy) is 2. The molecule has 9 heteroatoms. The smallest absolute Gasteiger partial charge is 0.160 e. The third-order valence-corrected chi connectivity index (χ3v) is 5.79. The van der Waals surface area contributed by atoms with Gasteiger partial charge in [-0.15, -0.1) is 0 Å². The lowest BCUT2D eigenvalue weighted by molar-refractivity contribution is 0.108. The maximum atomic E-state index is 5.86. The highest BCUT2D eigenvalue weighted by Gasteiger charge is 2.24. The van der Waals surface area contributed by atoms with Crippen molar-refractivity contribution in [2.45, 2.75) is 18.9 Å². The van der Waals surface area contributed by atoms with Gasteiger partial charge < -0.3 is 14.4 Å². The Balaban J connectivity index is 1.44. The first-order chi connectivity index (χ1) is 15.3. The monoisotopic (exact) mass is 417 g/mol. The quantitative estimate of drug-likeness (QED) is 0.505. The molecule has 31 heavy (non-hydrogen) atoms. The standard InChI is InChI=1S/C22H23N7O2/c1-3-16(15-23-6-1)17-5-7-28(25-17)20-14-22(27-8-11-30-12-9-27)29-21(24-20)13-18(26-29)19-4-2-10-31-19/h1,3,5-7,13-15,19H,2,4,8-12H2. The van der Waals surface area contributed by atoms with Crippen molar-refractivity contribution < 1.29 is 9.47 Å². The number of pyridine rings is 1. The molecule has 6 heterocycles. The van der Waals surface area contributed by atoms with Crippen molar-refractivity contribution in [2.75, 3.05) is 37.8 Å². The lowest BCUT2D eigenvalue weighted by Crippen LogP contribution is -2.37. The summed E-state index contributed by atoms with van der Waals surface area (Å²) in [6, 6.07) is 9.97. The van der Waals surface area contributed by atoms with Crippen LogP contribution in [0.25, 0.3) is 22.7 Å². The Morgan fingerprint density at radius 1 is 1.03 bits per heavy atom. The molecule has 2 aliphatic heterocycles. The second kappa shape index (κ2) is 7.75.